The SMILES string of the molecule is Cc1ccc(C=N[N+](=Cc2ccc(C)cc2)[B-](F)(F)F)cc1. The van der Waals surface area contributed by atoms with E-state index in [4.69, 9.17) is 0 Å². The third-order valence-corrected chi connectivity index (χ3v) is 3.08. The Labute approximate surface area is 127 Å². The maximum absolute atomic E-state index is 13.1. The molecule has 114 valence electrons. The van der Waals surface area contributed by atoms with Crippen LogP contribution in [-0.2, 0) is 0 Å². The van der Waals surface area contributed by atoms with Crippen LogP contribution in [0.25, 0.3) is 0 Å². The quantitative estimate of drug-likeness (QED) is 0.459. The Morgan fingerprint density at radius 3 is 1.73 bits per heavy atom. The summed E-state index contributed by atoms with van der Waals surface area (Å²) in [4.78, 5) is 0. The van der Waals surface area contributed by atoms with Crippen LogP contribution in [0.5, 0.6) is 0 Å². The molecule has 2 rings (SSSR count). The highest BCUT2D eigenvalue weighted by Crippen LogP contribution is 2.12. The number of benzene rings is 2. The van der Waals surface area contributed by atoms with E-state index in [0.29, 0.717) is 11.1 Å². The first-order valence-electron chi connectivity index (χ1n) is 6.85. The van der Waals surface area contributed by atoms with Gasteiger partial charge in [0.05, 0.1) is 6.21 Å². The van der Waals surface area contributed by atoms with Gasteiger partial charge in [-0.3, -0.25) is 0 Å². The summed E-state index contributed by atoms with van der Waals surface area (Å²) < 4.78 is 39.4. The van der Waals surface area contributed by atoms with Gasteiger partial charge in [0.15, 0.2) is 6.21 Å². The molecule has 0 aliphatic rings. The lowest BCUT2D eigenvalue weighted by Gasteiger charge is -2.07. The van der Waals surface area contributed by atoms with Crippen molar-refractivity contribution in [1.82, 2.24) is 0 Å². The van der Waals surface area contributed by atoms with Crippen molar-refractivity contribution in [2.75, 3.05) is 0 Å². The highest BCUT2D eigenvalue weighted by Gasteiger charge is 2.44. The van der Waals surface area contributed by atoms with Gasteiger partial charge in [0, 0.05) is 5.56 Å². The van der Waals surface area contributed by atoms with Crippen LogP contribution in [0, 0.1) is 13.8 Å². The van der Waals surface area contributed by atoms with Crippen LogP contribution >= 0.6 is 0 Å². The maximum Gasteiger partial charge on any atom is 0.835 e. The summed E-state index contributed by atoms with van der Waals surface area (Å²) in [7, 11) is -5.25. The molecule has 0 fully saturated rings. The molecule has 0 unspecified atom stereocenters. The second kappa shape index (κ2) is 6.60. The molecule has 0 radical (unpaired) electrons. The lowest BCUT2D eigenvalue weighted by molar-refractivity contribution is -0.433. The van der Waals surface area contributed by atoms with E-state index in [0.717, 1.165) is 17.3 Å². The third kappa shape index (κ3) is 4.58. The number of nitrogens with zero attached hydrogens (tertiary/aromatic N) is 2. The molecular weight excluding hydrogens is 288 g/mol. The van der Waals surface area contributed by atoms with E-state index >= 15 is 0 Å². The van der Waals surface area contributed by atoms with E-state index < -0.39 is 7.11 Å². The van der Waals surface area contributed by atoms with Crippen molar-refractivity contribution in [3.05, 3.63) is 70.8 Å². The van der Waals surface area contributed by atoms with Crippen molar-refractivity contribution in [3.63, 3.8) is 0 Å². The molecule has 2 aromatic carbocycles. The van der Waals surface area contributed by atoms with E-state index in [1.165, 1.54) is 6.21 Å². The zero-order chi connectivity index (χ0) is 16.2. The molecule has 0 spiro atoms. The van der Waals surface area contributed by atoms with Gasteiger partial charge in [-0.05, 0) is 31.5 Å². The second-order valence-electron chi connectivity index (χ2n) is 5.12. The molecule has 0 N–H and O–H groups in total. The minimum Gasteiger partial charge on any atom is -0.377 e. The van der Waals surface area contributed by atoms with Gasteiger partial charge in [-0.25, -0.2) is 4.60 Å². The van der Waals surface area contributed by atoms with Crippen molar-refractivity contribution in [2.24, 2.45) is 5.10 Å². The van der Waals surface area contributed by atoms with Crippen LogP contribution in [0.4, 0.5) is 12.9 Å². The summed E-state index contributed by atoms with van der Waals surface area (Å²) in [5.41, 5.74) is 3.10. The molecule has 22 heavy (non-hydrogen) atoms. The van der Waals surface area contributed by atoms with Gasteiger partial charge in [-0.1, -0.05) is 52.6 Å². The van der Waals surface area contributed by atoms with Gasteiger partial charge < -0.3 is 12.9 Å². The normalized spacial score (nSPS) is 12.9. The molecule has 0 heterocycles. The molecular formula is C16H16BF3N2. The fraction of sp³-hybridized carbons (Fsp3) is 0.125. The average molecular weight is 304 g/mol. The Hall–Kier alpha value is -2.37. The van der Waals surface area contributed by atoms with Gasteiger partial charge in [0.25, 0.3) is 0 Å². The monoisotopic (exact) mass is 304 g/mol. The van der Waals surface area contributed by atoms with Crippen molar-refractivity contribution in [3.8, 4) is 0 Å². The van der Waals surface area contributed by atoms with E-state index in [1.807, 2.05) is 26.0 Å². The van der Waals surface area contributed by atoms with Crippen LogP contribution < -0.4 is 0 Å². The summed E-state index contributed by atoms with van der Waals surface area (Å²) in [6.07, 6.45) is 2.20. The minimum atomic E-state index is -5.25. The number of hydrazone groups is 1. The maximum atomic E-state index is 13.1. The van der Waals surface area contributed by atoms with Crippen LogP contribution in [0.15, 0.2) is 53.6 Å². The molecule has 2 nitrogen and oxygen atoms in total. The Morgan fingerprint density at radius 1 is 0.818 bits per heavy atom. The predicted octanol–water partition coefficient (Wildman–Crippen LogP) is 4.11. The van der Waals surface area contributed by atoms with Crippen LogP contribution in [-0.4, -0.2) is 24.1 Å². The summed E-state index contributed by atoms with van der Waals surface area (Å²) in [6, 6.07) is 13.9. The predicted molar refractivity (Wildman–Crippen MR) is 84.5 cm³/mol. The average Bonchev–Trinajstić information content (AvgIpc) is 2.46. The number of hydrogen-bond acceptors (Lipinski definition) is 1. The van der Waals surface area contributed by atoms with Crippen LogP contribution in [0.3, 0.4) is 0 Å². The molecule has 0 saturated heterocycles. The first-order chi connectivity index (χ1) is 10.3. The molecule has 0 aliphatic heterocycles. The fourth-order valence-electron chi connectivity index (χ4n) is 1.78. The van der Waals surface area contributed by atoms with Gasteiger partial charge in [-0.15, -0.1) is 0 Å². The Bertz CT molecular complexity index is 687. The molecule has 0 atom stereocenters. The van der Waals surface area contributed by atoms with Crippen molar-refractivity contribution < 1.29 is 17.5 Å². The third-order valence-electron chi connectivity index (χ3n) is 3.08. The molecule has 6 heteroatoms. The lowest BCUT2D eigenvalue weighted by Crippen LogP contribution is -2.32. The largest absolute Gasteiger partial charge is 0.835 e. The van der Waals surface area contributed by atoms with E-state index in [1.54, 1.807) is 36.4 Å². The zero-order valence-corrected chi connectivity index (χ0v) is 12.4. The van der Waals surface area contributed by atoms with Crippen molar-refractivity contribution in [2.45, 2.75) is 13.8 Å². The summed E-state index contributed by atoms with van der Waals surface area (Å²) >= 11 is 0. The van der Waals surface area contributed by atoms with E-state index in [-0.39, 0.29) is 4.60 Å². The summed E-state index contributed by atoms with van der Waals surface area (Å²) in [6.45, 7) is 3.79. The molecule has 0 aliphatic carbocycles. The smallest absolute Gasteiger partial charge is 0.377 e. The van der Waals surface area contributed by atoms with Gasteiger partial charge in [-0.2, -0.15) is 0 Å². The highest BCUT2D eigenvalue weighted by atomic mass is 19.4. The van der Waals surface area contributed by atoms with Gasteiger partial charge in [0.2, 0.25) is 0 Å². The first kappa shape index (κ1) is 16.0. The lowest BCUT2D eigenvalue weighted by atomic mass is 10.1. The van der Waals surface area contributed by atoms with Gasteiger partial charge in [0.1, 0.15) is 0 Å². The Balaban J connectivity index is 2.30. The van der Waals surface area contributed by atoms with Crippen molar-refractivity contribution in [1.29, 1.82) is 0 Å². The summed E-state index contributed by atoms with van der Waals surface area (Å²) in [5, 5.41) is 3.57. The number of halogens is 3. The summed E-state index contributed by atoms with van der Waals surface area (Å²) in [5.74, 6) is 0. The Morgan fingerprint density at radius 2 is 1.27 bits per heavy atom. The van der Waals surface area contributed by atoms with Crippen LogP contribution in [0.2, 0.25) is 0 Å². The number of aryl methyl sites for hydroxylation is 2. The number of rotatable bonds is 4. The van der Waals surface area contributed by atoms with E-state index in [2.05, 4.69) is 5.10 Å². The fourth-order valence-corrected chi connectivity index (χ4v) is 1.78. The molecule has 0 aromatic heterocycles. The van der Waals surface area contributed by atoms with Crippen LogP contribution in [0.1, 0.15) is 22.3 Å². The van der Waals surface area contributed by atoms with E-state index in [9.17, 15) is 12.9 Å². The molecule has 0 saturated carbocycles. The van der Waals surface area contributed by atoms with Gasteiger partial charge >= 0.3 is 7.11 Å². The standard InChI is InChI=1S/C16H16BF3N2/c1-13-3-7-15(8-4-13)11-21-22(17(18,19)20)12-16-9-5-14(2)6-10-16/h3-12H,1-2H3. The molecule has 2 aromatic rings. The highest BCUT2D eigenvalue weighted by molar-refractivity contribution is 6.49. The minimum absolute atomic E-state index is 0.0739. The second-order valence-corrected chi connectivity index (χ2v) is 5.12. The molecule has 0 amide bonds. The number of hydrogen-bond donors (Lipinski definition) is 0. The topological polar surface area (TPSA) is 15.4 Å². The first-order valence-corrected chi connectivity index (χ1v) is 6.85. The zero-order valence-electron chi connectivity index (χ0n) is 12.4. The Kier molecular flexibility index (Phi) is 4.80. The molecule has 0 bridgehead atoms. The van der Waals surface area contributed by atoms with Crippen molar-refractivity contribution >= 4 is 19.5 Å².